The zero-order chi connectivity index (χ0) is 13.0. The van der Waals surface area contributed by atoms with Crippen molar-refractivity contribution in [1.82, 2.24) is 5.32 Å². The van der Waals surface area contributed by atoms with Gasteiger partial charge in [0.2, 0.25) is 0 Å². The summed E-state index contributed by atoms with van der Waals surface area (Å²) in [6, 6.07) is 7.67. The molecule has 0 spiro atoms. The number of aliphatic hydroxyl groups is 1. The second kappa shape index (κ2) is 6.34. The third-order valence-corrected chi connectivity index (χ3v) is 4.00. The largest absolute Gasteiger partial charge is 0.393 e. The van der Waals surface area contributed by atoms with E-state index in [1.54, 1.807) is 0 Å². The minimum Gasteiger partial charge on any atom is -0.393 e. The summed E-state index contributed by atoms with van der Waals surface area (Å²) in [6.07, 6.45) is 3.20. The van der Waals surface area contributed by atoms with Gasteiger partial charge in [-0.3, -0.25) is 4.79 Å². The summed E-state index contributed by atoms with van der Waals surface area (Å²) in [5, 5.41) is 13.4. The summed E-state index contributed by atoms with van der Waals surface area (Å²) in [7, 11) is 0. The number of rotatable bonds is 3. The number of amides is 1. The van der Waals surface area contributed by atoms with E-state index in [0.717, 1.165) is 30.2 Å². The third kappa shape index (κ3) is 3.56. The fraction of sp³-hybridized carbons (Fsp3) is 0.500. The number of carbonyl (C=O) groups is 1. The number of nitrogens with one attached hydrogen (secondary N) is 1. The summed E-state index contributed by atoms with van der Waals surface area (Å²) in [5.74, 6) is -0.0461. The first-order chi connectivity index (χ1) is 8.69. The van der Waals surface area contributed by atoms with Gasteiger partial charge in [0.1, 0.15) is 0 Å². The molecule has 0 heterocycles. The van der Waals surface area contributed by atoms with Crippen LogP contribution in [0.3, 0.4) is 0 Å². The van der Waals surface area contributed by atoms with Gasteiger partial charge in [-0.25, -0.2) is 0 Å². The van der Waals surface area contributed by atoms with E-state index in [0.29, 0.717) is 12.0 Å². The molecule has 2 rings (SSSR count). The Balaban J connectivity index is 1.94. The Hall–Kier alpha value is -0.870. The molecule has 98 valence electrons. The Morgan fingerprint density at radius 1 is 1.33 bits per heavy atom. The summed E-state index contributed by atoms with van der Waals surface area (Å²) in [4.78, 5) is 12.0. The van der Waals surface area contributed by atoms with E-state index in [2.05, 4.69) is 21.2 Å². The molecule has 1 aliphatic carbocycles. The Labute approximate surface area is 116 Å². The molecule has 0 saturated heterocycles. The van der Waals surface area contributed by atoms with Crippen LogP contribution in [0, 0.1) is 0 Å². The molecule has 1 aromatic carbocycles. The molecule has 4 heteroatoms. The number of benzene rings is 1. The van der Waals surface area contributed by atoms with Crippen LogP contribution < -0.4 is 5.32 Å². The lowest BCUT2D eigenvalue weighted by molar-refractivity contribution is 0.0850. The molecule has 3 nitrogen and oxygen atoms in total. The summed E-state index contributed by atoms with van der Waals surface area (Å²) in [5.41, 5.74) is 1.83. The van der Waals surface area contributed by atoms with Crippen molar-refractivity contribution >= 4 is 21.8 Å². The highest BCUT2D eigenvalue weighted by molar-refractivity contribution is 9.08. The van der Waals surface area contributed by atoms with Crippen LogP contribution >= 0.6 is 15.9 Å². The highest BCUT2D eigenvalue weighted by atomic mass is 79.9. The lowest BCUT2D eigenvalue weighted by Gasteiger charge is -2.26. The number of alkyl halides is 1. The monoisotopic (exact) mass is 311 g/mol. The molecule has 2 N–H and O–H groups in total. The van der Waals surface area contributed by atoms with Gasteiger partial charge in [0.15, 0.2) is 0 Å². The quantitative estimate of drug-likeness (QED) is 0.843. The van der Waals surface area contributed by atoms with Crippen molar-refractivity contribution in [3.8, 4) is 0 Å². The number of halogens is 1. The lowest BCUT2D eigenvalue weighted by Crippen LogP contribution is -2.39. The van der Waals surface area contributed by atoms with E-state index in [1.165, 1.54) is 0 Å². The van der Waals surface area contributed by atoms with Gasteiger partial charge in [-0.05, 0) is 43.4 Å². The molecular formula is C14H18BrNO2. The second-order valence-electron chi connectivity index (χ2n) is 4.82. The topological polar surface area (TPSA) is 49.3 Å². The van der Waals surface area contributed by atoms with Crippen molar-refractivity contribution < 1.29 is 9.90 Å². The van der Waals surface area contributed by atoms with Gasteiger partial charge in [-0.2, -0.15) is 0 Å². The van der Waals surface area contributed by atoms with Crippen LogP contribution in [0.1, 0.15) is 41.6 Å². The zero-order valence-corrected chi connectivity index (χ0v) is 11.8. The van der Waals surface area contributed by atoms with Crippen LogP contribution in [0.4, 0.5) is 0 Å². The van der Waals surface area contributed by atoms with Crippen molar-refractivity contribution in [2.45, 2.75) is 43.2 Å². The van der Waals surface area contributed by atoms with Crippen LogP contribution in [0.5, 0.6) is 0 Å². The molecule has 0 aromatic heterocycles. The summed E-state index contributed by atoms with van der Waals surface area (Å²) < 4.78 is 0. The van der Waals surface area contributed by atoms with E-state index >= 15 is 0 Å². The van der Waals surface area contributed by atoms with Crippen molar-refractivity contribution in [3.63, 3.8) is 0 Å². The van der Waals surface area contributed by atoms with Crippen molar-refractivity contribution in [2.75, 3.05) is 0 Å². The van der Waals surface area contributed by atoms with E-state index in [-0.39, 0.29) is 18.1 Å². The Bertz CT molecular complexity index is 405. The predicted molar refractivity (Wildman–Crippen MR) is 74.8 cm³/mol. The molecule has 2 atom stereocenters. The van der Waals surface area contributed by atoms with E-state index in [9.17, 15) is 9.90 Å². The third-order valence-electron chi connectivity index (χ3n) is 3.35. The molecule has 0 radical (unpaired) electrons. The van der Waals surface area contributed by atoms with E-state index in [1.807, 2.05) is 24.3 Å². The first-order valence-corrected chi connectivity index (χ1v) is 7.45. The van der Waals surface area contributed by atoms with Gasteiger partial charge in [0.25, 0.3) is 5.91 Å². The first-order valence-electron chi connectivity index (χ1n) is 6.33. The highest BCUT2D eigenvalue weighted by Gasteiger charge is 2.21. The van der Waals surface area contributed by atoms with Crippen LogP contribution in [0.2, 0.25) is 0 Å². The lowest BCUT2D eigenvalue weighted by atomic mass is 9.93. The van der Waals surface area contributed by atoms with Gasteiger partial charge in [0.05, 0.1) is 6.10 Å². The average Bonchev–Trinajstić information content (AvgIpc) is 2.39. The van der Waals surface area contributed by atoms with Crippen molar-refractivity contribution in [3.05, 3.63) is 35.4 Å². The number of hydrogen-bond acceptors (Lipinski definition) is 2. The molecule has 0 aliphatic heterocycles. The molecule has 2 unspecified atom stereocenters. The molecule has 1 fully saturated rings. The SMILES string of the molecule is O=C(NC1CCCC(O)C1)c1ccc(CBr)cc1. The number of hydrogen-bond donors (Lipinski definition) is 2. The summed E-state index contributed by atoms with van der Waals surface area (Å²) >= 11 is 3.38. The van der Waals surface area contributed by atoms with Gasteiger partial charge >= 0.3 is 0 Å². The maximum atomic E-state index is 12.0. The van der Waals surface area contributed by atoms with Crippen LogP contribution in [0.25, 0.3) is 0 Å². The molecule has 0 bridgehead atoms. The van der Waals surface area contributed by atoms with Crippen molar-refractivity contribution in [1.29, 1.82) is 0 Å². The standard InChI is InChI=1S/C14H18BrNO2/c15-9-10-4-6-11(7-5-10)14(18)16-12-2-1-3-13(17)8-12/h4-7,12-13,17H,1-3,8-9H2,(H,16,18). The molecule has 1 aromatic rings. The summed E-state index contributed by atoms with van der Waals surface area (Å²) in [6.45, 7) is 0. The van der Waals surface area contributed by atoms with Gasteiger partial charge < -0.3 is 10.4 Å². The maximum absolute atomic E-state index is 12.0. The number of carbonyl (C=O) groups excluding carboxylic acids is 1. The van der Waals surface area contributed by atoms with Crippen molar-refractivity contribution in [2.24, 2.45) is 0 Å². The van der Waals surface area contributed by atoms with Crippen LogP contribution in [-0.4, -0.2) is 23.2 Å². The molecule has 18 heavy (non-hydrogen) atoms. The minimum atomic E-state index is -0.264. The fourth-order valence-corrected chi connectivity index (χ4v) is 2.68. The van der Waals surface area contributed by atoms with E-state index < -0.39 is 0 Å². The van der Waals surface area contributed by atoms with Crippen LogP contribution in [0.15, 0.2) is 24.3 Å². The molecule has 1 amide bonds. The Morgan fingerprint density at radius 3 is 2.67 bits per heavy atom. The molecule has 1 saturated carbocycles. The predicted octanol–water partition coefficient (Wildman–Crippen LogP) is 2.61. The average molecular weight is 312 g/mol. The molecule has 1 aliphatic rings. The second-order valence-corrected chi connectivity index (χ2v) is 5.38. The Kier molecular flexibility index (Phi) is 4.78. The van der Waals surface area contributed by atoms with Gasteiger partial charge in [0, 0.05) is 16.9 Å². The first kappa shape index (κ1) is 13.6. The van der Waals surface area contributed by atoms with E-state index in [4.69, 9.17) is 0 Å². The fourth-order valence-electron chi connectivity index (χ4n) is 2.31. The smallest absolute Gasteiger partial charge is 0.251 e. The van der Waals surface area contributed by atoms with Gasteiger partial charge in [-0.1, -0.05) is 28.1 Å². The zero-order valence-electron chi connectivity index (χ0n) is 10.2. The normalized spacial score (nSPS) is 23.7. The van der Waals surface area contributed by atoms with Gasteiger partial charge in [-0.15, -0.1) is 0 Å². The maximum Gasteiger partial charge on any atom is 0.251 e. The molecular weight excluding hydrogens is 294 g/mol. The number of aliphatic hydroxyl groups excluding tert-OH is 1. The minimum absolute atomic E-state index is 0.0461. The van der Waals surface area contributed by atoms with Crippen LogP contribution in [-0.2, 0) is 5.33 Å². The highest BCUT2D eigenvalue weighted by Crippen LogP contribution is 2.18. The Morgan fingerprint density at radius 2 is 2.06 bits per heavy atom.